The van der Waals surface area contributed by atoms with E-state index < -0.39 is 0 Å². The first-order valence-corrected chi connectivity index (χ1v) is 6.23. The highest BCUT2D eigenvalue weighted by Gasteiger charge is 2.14. The highest BCUT2D eigenvalue weighted by molar-refractivity contribution is 5.53. The van der Waals surface area contributed by atoms with Gasteiger partial charge in [-0.15, -0.1) is 5.10 Å². The van der Waals surface area contributed by atoms with E-state index in [2.05, 4.69) is 49.3 Å². The van der Waals surface area contributed by atoms with Gasteiger partial charge in [-0.1, -0.05) is 5.21 Å². The van der Waals surface area contributed by atoms with Crippen LogP contribution in [0, 0.1) is 0 Å². The van der Waals surface area contributed by atoms with E-state index in [9.17, 15) is 0 Å². The highest BCUT2D eigenvalue weighted by Crippen LogP contribution is 2.17. The quantitative estimate of drug-likeness (QED) is 0.842. The van der Waals surface area contributed by atoms with Crippen LogP contribution in [-0.4, -0.2) is 50.1 Å². The second-order valence-electron chi connectivity index (χ2n) is 3.95. The van der Waals surface area contributed by atoms with Crippen molar-refractivity contribution in [2.24, 2.45) is 7.05 Å². The minimum absolute atomic E-state index is 0.535. The number of hydrogen-bond acceptors (Lipinski definition) is 7. The first-order valence-electron chi connectivity index (χ1n) is 6.23. The number of anilines is 2. The summed E-state index contributed by atoms with van der Waals surface area (Å²) in [6.07, 6.45) is 1.64. The molecule has 0 aliphatic carbocycles. The van der Waals surface area contributed by atoms with Gasteiger partial charge in [0.05, 0.1) is 6.20 Å². The van der Waals surface area contributed by atoms with Gasteiger partial charge in [0.2, 0.25) is 11.9 Å². The lowest BCUT2D eigenvalue weighted by Gasteiger charge is -2.19. The van der Waals surface area contributed by atoms with E-state index in [-0.39, 0.29) is 0 Å². The number of rotatable bonds is 5. The molecule has 0 radical (unpaired) electrons. The third-order valence-corrected chi connectivity index (χ3v) is 2.84. The summed E-state index contributed by atoms with van der Waals surface area (Å²) in [6, 6.07) is 0. The van der Waals surface area contributed by atoms with Crippen molar-refractivity contribution in [3.8, 4) is 11.5 Å². The third-order valence-electron chi connectivity index (χ3n) is 2.84. The molecule has 8 heteroatoms. The Hall–Kier alpha value is -2.25. The van der Waals surface area contributed by atoms with E-state index in [1.54, 1.807) is 17.9 Å². The van der Waals surface area contributed by atoms with Crippen molar-refractivity contribution in [1.29, 1.82) is 0 Å². The zero-order valence-electron chi connectivity index (χ0n) is 11.6. The molecule has 0 fully saturated rings. The van der Waals surface area contributed by atoms with E-state index in [1.165, 1.54) is 0 Å². The summed E-state index contributed by atoms with van der Waals surface area (Å²) in [5.41, 5.74) is 0.757. The average molecular weight is 262 g/mol. The SMILES string of the molecule is CCN(CC)c1nc(NC)nc(-c2cnnn2C)n1. The molecule has 0 aliphatic rings. The molecular formula is C11H18N8. The summed E-state index contributed by atoms with van der Waals surface area (Å²) < 4.78 is 1.64. The van der Waals surface area contributed by atoms with Crippen LogP contribution in [0.25, 0.3) is 11.5 Å². The third kappa shape index (κ3) is 2.61. The van der Waals surface area contributed by atoms with Crippen LogP contribution in [0.3, 0.4) is 0 Å². The fourth-order valence-corrected chi connectivity index (χ4v) is 1.73. The summed E-state index contributed by atoms with van der Waals surface area (Å²) in [7, 11) is 3.59. The Morgan fingerprint density at radius 3 is 2.47 bits per heavy atom. The Morgan fingerprint density at radius 2 is 1.95 bits per heavy atom. The lowest BCUT2D eigenvalue weighted by Crippen LogP contribution is -2.25. The maximum absolute atomic E-state index is 4.49. The molecule has 102 valence electrons. The summed E-state index contributed by atoms with van der Waals surface area (Å²) in [5.74, 6) is 1.75. The summed E-state index contributed by atoms with van der Waals surface area (Å²) in [4.78, 5) is 15.3. The van der Waals surface area contributed by atoms with Gasteiger partial charge < -0.3 is 10.2 Å². The van der Waals surface area contributed by atoms with Crippen LogP contribution in [0.4, 0.5) is 11.9 Å². The molecule has 0 saturated carbocycles. The number of hydrogen-bond donors (Lipinski definition) is 1. The zero-order chi connectivity index (χ0) is 13.8. The summed E-state index contributed by atoms with van der Waals surface area (Å²) in [6.45, 7) is 5.81. The number of aryl methyl sites for hydroxylation is 1. The standard InChI is InChI=1S/C11H18N8/c1-5-19(6-2)11-15-9(14-10(12-3)16-11)8-7-13-17-18(8)4/h7H,5-6H2,1-4H3,(H,12,14,15,16). The fraction of sp³-hybridized carbons (Fsp3) is 0.545. The van der Waals surface area contributed by atoms with Gasteiger partial charge in [0.1, 0.15) is 5.69 Å². The summed E-state index contributed by atoms with van der Waals surface area (Å²) >= 11 is 0. The maximum Gasteiger partial charge on any atom is 0.230 e. The molecule has 0 amide bonds. The summed E-state index contributed by atoms with van der Waals surface area (Å²) in [5, 5.41) is 10.7. The Balaban J connectivity index is 2.50. The van der Waals surface area contributed by atoms with Crippen LogP contribution in [0.15, 0.2) is 6.20 Å². The monoisotopic (exact) mass is 262 g/mol. The predicted octanol–water partition coefficient (Wildman–Crippen LogP) is 0.555. The first-order chi connectivity index (χ1) is 9.19. The smallest absolute Gasteiger partial charge is 0.230 e. The van der Waals surface area contributed by atoms with Crippen LogP contribution in [-0.2, 0) is 7.05 Å². The average Bonchev–Trinajstić information content (AvgIpc) is 2.86. The fourth-order valence-electron chi connectivity index (χ4n) is 1.73. The molecule has 0 saturated heterocycles. The molecular weight excluding hydrogens is 244 g/mol. The van der Waals surface area contributed by atoms with Crippen molar-refractivity contribution in [3.63, 3.8) is 0 Å². The Bertz CT molecular complexity index is 545. The highest BCUT2D eigenvalue weighted by atomic mass is 15.4. The van der Waals surface area contributed by atoms with Crippen molar-refractivity contribution in [3.05, 3.63) is 6.20 Å². The molecule has 0 spiro atoms. The molecule has 1 N–H and O–H groups in total. The molecule has 2 aromatic heterocycles. The molecule has 2 rings (SSSR count). The molecule has 0 atom stereocenters. The Kier molecular flexibility index (Phi) is 3.88. The minimum atomic E-state index is 0.535. The lowest BCUT2D eigenvalue weighted by molar-refractivity contribution is 0.716. The zero-order valence-corrected chi connectivity index (χ0v) is 11.6. The molecule has 0 unspecified atom stereocenters. The van der Waals surface area contributed by atoms with Gasteiger partial charge in [-0.3, -0.25) is 0 Å². The van der Waals surface area contributed by atoms with Crippen molar-refractivity contribution in [2.45, 2.75) is 13.8 Å². The van der Waals surface area contributed by atoms with Crippen LogP contribution < -0.4 is 10.2 Å². The van der Waals surface area contributed by atoms with Gasteiger partial charge in [-0.25, -0.2) is 4.68 Å². The second kappa shape index (κ2) is 5.59. The number of aromatic nitrogens is 6. The normalized spacial score (nSPS) is 10.5. The van der Waals surface area contributed by atoms with Gasteiger partial charge in [0, 0.05) is 27.2 Å². The Morgan fingerprint density at radius 1 is 1.21 bits per heavy atom. The van der Waals surface area contributed by atoms with Crippen LogP contribution >= 0.6 is 0 Å². The van der Waals surface area contributed by atoms with Gasteiger partial charge in [0.15, 0.2) is 5.82 Å². The van der Waals surface area contributed by atoms with E-state index in [0.29, 0.717) is 17.7 Å². The van der Waals surface area contributed by atoms with E-state index >= 15 is 0 Å². The molecule has 19 heavy (non-hydrogen) atoms. The number of nitrogens with zero attached hydrogens (tertiary/aromatic N) is 7. The van der Waals surface area contributed by atoms with Crippen molar-refractivity contribution in [1.82, 2.24) is 29.9 Å². The first kappa shape index (κ1) is 13.2. The molecule has 0 aliphatic heterocycles. The number of nitrogens with one attached hydrogen (secondary N) is 1. The Labute approximate surface area is 111 Å². The largest absolute Gasteiger partial charge is 0.357 e. The van der Waals surface area contributed by atoms with E-state index in [0.717, 1.165) is 18.8 Å². The lowest BCUT2D eigenvalue weighted by atomic mass is 10.4. The van der Waals surface area contributed by atoms with Gasteiger partial charge >= 0.3 is 0 Å². The second-order valence-corrected chi connectivity index (χ2v) is 3.95. The van der Waals surface area contributed by atoms with Crippen molar-refractivity contribution in [2.75, 3.05) is 30.4 Å². The van der Waals surface area contributed by atoms with Gasteiger partial charge in [-0.2, -0.15) is 15.0 Å². The van der Waals surface area contributed by atoms with E-state index in [1.807, 2.05) is 7.05 Å². The van der Waals surface area contributed by atoms with E-state index in [4.69, 9.17) is 0 Å². The molecule has 2 aromatic rings. The van der Waals surface area contributed by atoms with Gasteiger partial charge in [0.25, 0.3) is 0 Å². The molecule has 2 heterocycles. The maximum atomic E-state index is 4.49. The minimum Gasteiger partial charge on any atom is -0.357 e. The van der Waals surface area contributed by atoms with Crippen LogP contribution in [0.1, 0.15) is 13.8 Å². The molecule has 8 nitrogen and oxygen atoms in total. The predicted molar refractivity (Wildman–Crippen MR) is 72.9 cm³/mol. The van der Waals surface area contributed by atoms with Gasteiger partial charge in [-0.05, 0) is 13.8 Å². The molecule has 0 aromatic carbocycles. The molecule has 0 bridgehead atoms. The van der Waals surface area contributed by atoms with Crippen LogP contribution in [0.2, 0.25) is 0 Å². The van der Waals surface area contributed by atoms with Crippen molar-refractivity contribution >= 4 is 11.9 Å². The topological polar surface area (TPSA) is 84.7 Å². The van der Waals surface area contributed by atoms with Crippen molar-refractivity contribution < 1.29 is 0 Å². The van der Waals surface area contributed by atoms with Crippen LogP contribution in [0.5, 0.6) is 0 Å².